The van der Waals surface area contributed by atoms with Crippen LogP contribution in [0.25, 0.3) is 11.4 Å². The number of rotatable bonds is 4. The zero-order chi connectivity index (χ0) is 17.4. The highest BCUT2D eigenvalue weighted by Crippen LogP contribution is 2.47. The first-order valence-electron chi connectivity index (χ1n) is 7.96. The van der Waals surface area contributed by atoms with Gasteiger partial charge in [-0.1, -0.05) is 18.2 Å². The molecule has 0 bridgehead atoms. The molecule has 6 heteroatoms. The number of imidazole rings is 1. The van der Waals surface area contributed by atoms with Gasteiger partial charge in [-0.15, -0.1) is 0 Å². The number of hydrogen-bond acceptors (Lipinski definition) is 2. The molecule has 4 rings (SSSR count). The molecule has 2 aromatic carbocycles. The third-order valence-corrected chi connectivity index (χ3v) is 4.47. The Labute approximate surface area is 142 Å². The first-order chi connectivity index (χ1) is 12.1. The second-order valence-electron chi connectivity index (χ2n) is 6.14. The summed E-state index contributed by atoms with van der Waals surface area (Å²) in [7, 11) is 0. The van der Waals surface area contributed by atoms with Crippen molar-refractivity contribution in [1.29, 1.82) is 0 Å². The van der Waals surface area contributed by atoms with Crippen LogP contribution in [-0.4, -0.2) is 15.9 Å². The van der Waals surface area contributed by atoms with E-state index in [0.29, 0.717) is 29.8 Å². The summed E-state index contributed by atoms with van der Waals surface area (Å²) in [5.41, 5.74) is 0.428. The number of benzene rings is 2. The Morgan fingerprint density at radius 1 is 1.16 bits per heavy atom. The van der Waals surface area contributed by atoms with E-state index in [2.05, 4.69) is 15.3 Å². The van der Waals surface area contributed by atoms with E-state index in [-0.39, 0.29) is 11.5 Å². The number of aromatic amines is 1. The van der Waals surface area contributed by atoms with Crippen LogP contribution in [0, 0.1) is 11.6 Å². The highest BCUT2D eigenvalue weighted by molar-refractivity contribution is 6.00. The fraction of sp³-hybridized carbons (Fsp3) is 0.158. The van der Waals surface area contributed by atoms with Gasteiger partial charge >= 0.3 is 0 Å². The quantitative estimate of drug-likeness (QED) is 0.760. The van der Waals surface area contributed by atoms with Crippen molar-refractivity contribution in [3.63, 3.8) is 0 Å². The Kier molecular flexibility index (Phi) is 3.60. The largest absolute Gasteiger partial charge is 0.345 e. The molecule has 2 N–H and O–H groups in total. The molecule has 0 unspecified atom stereocenters. The van der Waals surface area contributed by atoms with E-state index in [0.717, 1.165) is 18.2 Å². The SMILES string of the molecule is O=C(NC1(c2cc(F)ccc2F)CC1)c1ccccc1-c1ncc[nH]1. The van der Waals surface area contributed by atoms with Crippen LogP contribution >= 0.6 is 0 Å². The molecule has 1 aliphatic rings. The molecule has 1 saturated carbocycles. The van der Waals surface area contributed by atoms with Crippen LogP contribution < -0.4 is 5.32 Å². The Bertz CT molecular complexity index is 934. The number of carbonyl (C=O) groups is 1. The van der Waals surface area contributed by atoms with Crippen molar-refractivity contribution < 1.29 is 13.6 Å². The standard InChI is InChI=1S/C19H15F2N3O/c20-12-5-6-16(21)15(11-12)19(7-8-19)24-18(25)14-4-2-1-3-13(14)17-22-9-10-23-17/h1-6,9-11H,7-8H2,(H,22,23)(H,24,25). The van der Waals surface area contributed by atoms with Crippen molar-refractivity contribution in [2.24, 2.45) is 0 Å². The van der Waals surface area contributed by atoms with Gasteiger partial charge in [0.15, 0.2) is 0 Å². The number of carbonyl (C=O) groups excluding carboxylic acids is 1. The van der Waals surface area contributed by atoms with Gasteiger partial charge in [0.25, 0.3) is 5.91 Å². The van der Waals surface area contributed by atoms with Crippen LogP contribution in [0.4, 0.5) is 8.78 Å². The van der Waals surface area contributed by atoms with Gasteiger partial charge in [0.1, 0.15) is 17.5 Å². The molecule has 0 saturated heterocycles. The van der Waals surface area contributed by atoms with Crippen molar-refractivity contribution in [2.45, 2.75) is 18.4 Å². The maximum absolute atomic E-state index is 14.1. The number of amides is 1. The molecular formula is C19H15F2N3O. The summed E-state index contributed by atoms with van der Waals surface area (Å²) in [5.74, 6) is -0.799. The normalized spacial score (nSPS) is 15.0. The van der Waals surface area contributed by atoms with Gasteiger partial charge in [-0.3, -0.25) is 4.79 Å². The summed E-state index contributed by atoms with van der Waals surface area (Å²) in [4.78, 5) is 20.0. The molecular weight excluding hydrogens is 324 g/mol. The van der Waals surface area contributed by atoms with E-state index in [1.54, 1.807) is 30.6 Å². The summed E-state index contributed by atoms with van der Waals surface area (Å²) in [6, 6.07) is 10.4. The molecule has 1 aromatic heterocycles. The van der Waals surface area contributed by atoms with E-state index in [9.17, 15) is 13.6 Å². The molecule has 25 heavy (non-hydrogen) atoms. The zero-order valence-corrected chi connectivity index (χ0v) is 13.2. The van der Waals surface area contributed by atoms with Crippen molar-refractivity contribution in [2.75, 3.05) is 0 Å². The van der Waals surface area contributed by atoms with Crippen molar-refractivity contribution in [3.05, 3.63) is 77.6 Å². The molecule has 0 atom stereocenters. The summed E-state index contributed by atoms with van der Waals surface area (Å²) in [5, 5.41) is 2.88. The van der Waals surface area contributed by atoms with Gasteiger partial charge in [-0.05, 0) is 37.1 Å². The van der Waals surface area contributed by atoms with Crippen LogP contribution in [0.1, 0.15) is 28.8 Å². The molecule has 126 valence electrons. The predicted octanol–water partition coefficient (Wildman–Crippen LogP) is 3.77. The number of nitrogens with one attached hydrogen (secondary N) is 2. The number of aromatic nitrogens is 2. The highest BCUT2D eigenvalue weighted by Gasteiger charge is 2.47. The van der Waals surface area contributed by atoms with Crippen LogP contribution in [0.15, 0.2) is 54.9 Å². The molecule has 1 amide bonds. The average molecular weight is 339 g/mol. The lowest BCUT2D eigenvalue weighted by Crippen LogP contribution is -2.36. The van der Waals surface area contributed by atoms with Crippen LogP contribution in [0.3, 0.4) is 0 Å². The number of halogens is 2. The minimum Gasteiger partial charge on any atom is -0.345 e. The van der Waals surface area contributed by atoms with Gasteiger partial charge in [0.05, 0.1) is 11.1 Å². The molecule has 0 aliphatic heterocycles. The summed E-state index contributed by atoms with van der Waals surface area (Å²) < 4.78 is 27.7. The number of hydrogen-bond donors (Lipinski definition) is 2. The predicted molar refractivity (Wildman–Crippen MR) is 88.8 cm³/mol. The van der Waals surface area contributed by atoms with Gasteiger partial charge in [0.2, 0.25) is 0 Å². The smallest absolute Gasteiger partial charge is 0.252 e. The molecule has 1 aliphatic carbocycles. The first kappa shape index (κ1) is 15.5. The Morgan fingerprint density at radius 2 is 1.96 bits per heavy atom. The summed E-state index contributed by atoms with van der Waals surface area (Å²) in [6.07, 6.45) is 4.42. The van der Waals surface area contributed by atoms with E-state index >= 15 is 0 Å². The van der Waals surface area contributed by atoms with E-state index < -0.39 is 17.2 Å². The van der Waals surface area contributed by atoms with E-state index in [1.165, 1.54) is 0 Å². The third-order valence-electron chi connectivity index (χ3n) is 4.47. The van der Waals surface area contributed by atoms with Crippen LogP contribution in [-0.2, 0) is 5.54 Å². The van der Waals surface area contributed by atoms with Crippen molar-refractivity contribution in [3.8, 4) is 11.4 Å². The second kappa shape index (κ2) is 5.81. The summed E-state index contributed by atoms with van der Waals surface area (Å²) in [6.45, 7) is 0. The zero-order valence-electron chi connectivity index (χ0n) is 13.2. The second-order valence-corrected chi connectivity index (χ2v) is 6.14. The minimum atomic E-state index is -0.848. The van der Waals surface area contributed by atoms with E-state index in [1.807, 2.05) is 6.07 Å². The van der Waals surface area contributed by atoms with Crippen molar-refractivity contribution in [1.82, 2.24) is 15.3 Å². The fourth-order valence-corrected chi connectivity index (χ4v) is 3.04. The fourth-order valence-electron chi connectivity index (χ4n) is 3.04. The Morgan fingerprint density at radius 3 is 2.68 bits per heavy atom. The Hall–Kier alpha value is -3.02. The van der Waals surface area contributed by atoms with Crippen LogP contribution in [0.5, 0.6) is 0 Å². The van der Waals surface area contributed by atoms with Gasteiger partial charge in [-0.2, -0.15) is 0 Å². The summed E-state index contributed by atoms with van der Waals surface area (Å²) >= 11 is 0. The molecule has 4 nitrogen and oxygen atoms in total. The maximum atomic E-state index is 14.1. The topological polar surface area (TPSA) is 57.8 Å². The highest BCUT2D eigenvalue weighted by atomic mass is 19.1. The molecule has 0 radical (unpaired) electrons. The lowest BCUT2D eigenvalue weighted by molar-refractivity contribution is 0.0930. The molecule has 1 heterocycles. The first-order valence-corrected chi connectivity index (χ1v) is 7.96. The monoisotopic (exact) mass is 339 g/mol. The molecule has 0 spiro atoms. The lowest BCUT2D eigenvalue weighted by atomic mass is 10.0. The number of H-pyrrole nitrogens is 1. The average Bonchev–Trinajstić information content (AvgIpc) is 3.18. The minimum absolute atomic E-state index is 0.191. The number of nitrogens with zero attached hydrogens (tertiary/aromatic N) is 1. The van der Waals surface area contributed by atoms with Gasteiger partial charge in [0, 0.05) is 23.5 Å². The van der Waals surface area contributed by atoms with E-state index in [4.69, 9.17) is 0 Å². The van der Waals surface area contributed by atoms with Crippen molar-refractivity contribution >= 4 is 5.91 Å². The van der Waals surface area contributed by atoms with Gasteiger partial charge in [-0.25, -0.2) is 13.8 Å². The third kappa shape index (κ3) is 2.80. The van der Waals surface area contributed by atoms with Gasteiger partial charge < -0.3 is 10.3 Å². The molecule has 3 aromatic rings. The van der Waals surface area contributed by atoms with Crippen LogP contribution in [0.2, 0.25) is 0 Å². The lowest BCUT2D eigenvalue weighted by Gasteiger charge is -2.19. The Balaban J connectivity index is 1.66. The maximum Gasteiger partial charge on any atom is 0.252 e. The molecule has 1 fully saturated rings.